The highest BCUT2D eigenvalue weighted by atomic mass is 35.5. The van der Waals surface area contributed by atoms with Crippen LogP contribution in [-0.4, -0.2) is 17.3 Å². The summed E-state index contributed by atoms with van der Waals surface area (Å²) in [5.74, 6) is 1.74. The Hall–Kier alpha value is -1.02. The molecular weight excluding hydrogens is 306 g/mol. The molecule has 1 heterocycles. The van der Waals surface area contributed by atoms with Crippen molar-refractivity contribution in [2.24, 2.45) is 17.3 Å². The second kappa shape index (κ2) is 4.75. The number of carbonyl (C=O) groups is 1. The van der Waals surface area contributed by atoms with Gasteiger partial charge in [0.2, 0.25) is 5.91 Å². The minimum atomic E-state index is -0.170. The van der Waals surface area contributed by atoms with Gasteiger partial charge in [0.15, 0.2) is 0 Å². The number of anilines is 1. The monoisotopic (exact) mass is 329 g/mol. The Morgan fingerprint density at radius 1 is 1.13 bits per heavy atom. The van der Waals surface area contributed by atoms with E-state index in [-0.39, 0.29) is 10.3 Å². The number of amides is 1. The normalized spacial score (nSPS) is 41.0. The molecule has 1 aromatic rings. The quantitative estimate of drug-likeness (QED) is 0.692. The molecule has 4 bridgehead atoms. The van der Waals surface area contributed by atoms with E-state index in [1.54, 1.807) is 0 Å². The summed E-state index contributed by atoms with van der Waals surface area (Å²) in [5, 5.41) is 0. The maximum Gasteiger partial charge on any atom is 0.233 e. The van der Waals surface area contributed by atoms with E-state index in [1.807, 2.05) is 0 Å². The molecular formula is C20H24ClNO. The van der Waals surface area contributed by atoms with E-state index in [4.69, 9.17) is 11.6 Å². The Labute approximate surface area is 143 Å². The van der Waals surface area contributed by atoms with Crippen molar-refractivity contribution in [3.8, 4) is 0 Å². The molecule has 1 aliphatic heterocycles. The lowest BCUT2D eigenvalue weighted by Gasteiger charge is -2.60. The number of hydrogen-bond donors (Lipinski definition) is 0. The van der Waals surface area contributed by atoms with Crippen LogP contribution in [0.4, 0.5) is 5.69 Å². The SMILES string of the molecule is O=C(N1CCCc2ccccc21)C12CC3CC(CC(Cl)(C3)C1)C2. The molecule has 5 aliphatic rings. The first-order valence-corrected chi connectivity index (χ1v) is 9.54. The first-order chi connectivity index (χ1) is 11.1. The Morgan fingerprint density at radius 2 is 1.87 bits per heavy atom. The topological polar surface area (TPSA) is 20.3 Å². The first kappa shape index (κ1) is 14.3. The molecule has 0 saturated heterocycles. The van der Waals surface area contributed by atoms with Crippen LogP contribution >= 0.6 is 11.6 Å². The first-order valence-electron chi connectivity index (χ1n) is 9.16. The maximum atomic E-state index is 13.6. The molecule has 2 nitrogen and oxygen atoms in total. The number of fused-ring (bicyclic) bond motifs is 1. The molecule has 1 amide bonds. The summed E-state index contributed by atoms with van der Waals surface area (Å²) < 4.78 is 0. The van der Waals surface area contributed by atoms with Crippen molar-refractivity contribution < 1.29 is 4.79 Å². The Kier molecular flexibility index (Phi) is 2.96. The highest BCUT2D eigenvalue weighted by Crippen LogP contribution is 2.64. The fourth-order valence-electron chi connectivity index (χ4n) is 6.43. The van der Waals surface area contributed by atoms with Crippen molar-refractivity contribution in [3.63, 3.8) is 0 Å². The van der Waals surface area contributed by atoms with Gasteiger partial charge in [-0.05, 0) is 74.8 Å². The van der Waals surface area contributed by atoms with Crippen molar-refractivity contribution >= 4 is 23.2 Å². The molecule has 3 heteroatoms. The van der Waals surface area contributed by atoms with Crippen molar-refractivity contribution in [2.75, 3.05) is 11.4 Å². The van der Waals surface area contributed by atoms with Crippen LogP contribution in [0.25, 0.3) is 0 Å². The van der Waals surface area contributed by atoms with Crippen LogP contribution in [0.15, 0.2) is 24.3 Å². The Bertz CT molecular complexity index is 655. The van der Waals surface area contributed by atoms with Crippen LogP contribution < -0.4 is 4.90 Å². The predicted octanol–water partition coefficient (Wildman–Crippen LogP) is 4.54. The third-order valence-electron chi connectivity index (χ3n) is 6.80. The molecule has 0 radical (unpaired) electrons. The largest absolute Gasteiger partial charge is 0.312 e. The van der Waals surface area contributed by atoms with Gasteiger partial charge in [0.05, 0.1) is 5.41 Å². The number of nitrogens with zero attached hydrogens (tertiary/aromatic N) is 1. The standard InChI is InChI=1S/C20H24ClNO/c21-20-11-14-8-15(12-20)10-19(9-14,13-20)18(23)22-7-3-5-16-4-1-2-6-17(16)22/h1-2,4,6,14-15H,3,5,7-13H2. The van der Waals surface area contributed by atoms with E-state index < -0.39 is 0 Å². The average Bonchev–Trinajstić information content (AvgIpc) is 2.51. The van der Waals surface area contributed by atoms with Crippen molar-refractivity contribution in [2.45, 2.75) is 56.2 Å². The van der Waals surface area contributed by atoms with E-state index in [0.717, 1.165) is 57.2 Å². The summed E-state index contributed by atoms with van der Waals surface area (Å²) in [6, 6.07) is 8.46. The summed E-state index contributed by atoms with van der Waals surface area (Å²) in [6.45, 7) is 0.877. The molecule has 0 spiro atoms. The lowest BCUT2D eigenvalue weighted by atomic mass is 9.49. The molecule has 4 saturated carbocycles. The van der Waals surface area contributed by atoms with Gasteiger partial charge in [-0.1, -0.05) is 18.2 Å². The number of aryl methyl sites for hydroxylation is 1. The second-order valence-electron chi connectivity index (χ2n) is 8.58. The Balaban J connectivity index is 1.52. The van der Waals surface area contributed by atoms with Gasteiger partial charge in [-0.25, -0.2) is 0 Å². The molecule has 2 unspecified atom stereocenters. The van der Waals surface area contributed by atoms with E-state index in [0.29, 0.717) is 17.7 Å². The van der Waals surface area contributed by atoms with Gasteiger partial charge in [0, 0.05) is 17.1 Å². The van der Waals surface area contributed by atoms with Gasteiger partial charge >= 0.3 is 0 Å². The summed E-state index contributed by atoms with van der Waals surface area (Å²) in [6.07, 6.45) is 8.82. The van der Waals surface area contributed by atoms with Crippen LogP contribution in [-0.2, 0) is 11.2 Å². The third kappa shape index (κ3) is 2.10. The van der Waals surface area contributed by atoms with Gasteiger partial charge in [-0.15, -0.1) is 11.6 Å². The Morgan fingerprint density at radius 3 is 2.61 bits per heavy atom. The van der Waals surface area contributed by atoms with Crippen LogP contribution in [0, 0.1) is 17.3 Å². The van der Waals surface area contributed by atoms with Crippen LogP contribution in [0.3, 0.4) is 0 Å². The number of para-hydroxylation sites is 1. The van der Waals surface area contributed by atoms with Gasteiger partial charge in [0.1, 0.15) is 0 Å². The van der Waals surface area contributed by atoms with Gasteiger partial charge in [0.25, 0.3) is 0 Å². The van der Waals surface area contributed by atoms with Gasteiger partial charge < -0.3 is 4.90 Å². The van der Waals surface area contributed by atoms with E-state index in [9.17, 15) is 4.79 Å². The number of halogens is 1. The number of alkyl halides is 1. The fourth-order valence-corrected chi connectivity index (χ4v) is 7.12. The average molecular weight is 330 g/mol. The van der Waals surface area contributed by atoms with Gasteiger partial charge in [-0.3, -0.25) is 4.79 Å². The van der Waals surface area contributed by atoms with Crippen molar-refractivity contribution in [1.29, 1.82) is 0 Å². The zero-order valence-electron chi connectivity index (χ0n) is 13.6. The number of hydrogen-bond acceptors (Lipinski definition) is 1. The minimum absolute atomic E-state index is 0.0882. The maximum absolute atomic E-state index is 13.6. The smallest absolute Gasteiger partial charge is 0.233 e. The molecule has 2 atom stereocenters. The molecule has 4 fully saturated rings. The number of rotatable bonds is 1. The fraction of sp³-hybridized carbons (Fsp3) is 0.650. The molecule has 0 aromatic heterocycles. The van der Waals surface area contributed by atoms with Crippen molar-refractivity contribution in [3.05, 3.63) is 29.8 Å². The lowest BCUT2D eigenvalue weighted by molar-refractivity contribution is -0.141. The van der Waals surface area contributed by atoms with Crippen LogP contribution in [0.1, 0.15) is 50.5 Å². The lowest BCUT2D eigenvalue weighted by Crippen LogP contribution is -2.59. The molecule has 23 heavy (non-hydrogen) atoms. The van der Waals surface area contributed by atoms with Gasteiger partial charge in [-0.2, -0.15) is 0 Å². The molecule has 4 aliphatic carbocycles. The zero-order chi connectivity index (χ0) is 15.7. The van der Waals surface area contributed by atoms with E-state index >= 15 is 0 Å². The highest BCUT2D eigenvalue weighted by molar-refractivity contribution is 6.24. The van der Waals surface area contributed by atoms with Crippen molar-refractivity contribution in [1.82, 2.24) is 0 Å². The van der Waals surface area contributed by atoms with Crippen LogP contribution in [0.5, 0.6) is 0 Å². The van der Waals surface area contributed by atoms with Crippen LogP contribution in [0.2, 0.25) is 0 Å². The molecule has 122 valence electrons. The number of benzene rings is 1. The number of carbonyl (C=O) groups excluding carboxylic acids is 1. The third-order valence-corrected chi connectivity index (χ3v) is 7.24. The summed E-state index contributed by atoms with van der Waals surface area (Å²) in [4.78, 5) is 15.6. The van der Waals surface area contributed by atoms with E-state index in [2.05, 4.69) is 29.2 Å². The molecule has 6 rings (SSSR count). The molecule has 0 N–H and O–H groups in total. The molecule has 1 aromatic carbocycles. The summed E-state index contributed by atoms with van der Waals surface area (Å²) in [5.41, 5.74) is 2.32. The summed E-state index contributed by atoms with van der Waals surface area (Å²) in [7, 11) is 0. The second-order valence-corrected chi connectivity index (χ2v) is 9.38. The minimum Gasteiger partial charge on any atom is -0.312 e. The highest BCUT2D eigenvalue weighted by Gasteiger charge is 2.61. The predicted molar refractivity (Wildman–Crippen MR) is 92.8 cm³/mol. The zero-order valence-corrected chi connectivity index (χ0v) is 14.3. The van der Waals surface area contributed by atoms with E-state index in [1.165, 1.54) is 12.0 Å². The summed E-state index contributed by atoms with van der Waals surface area (Å²) >= 11 is 6.93.